The van der Waals surface area contributed by atoms with Crippen molar-refractivity contribution >= 4 is 17.6 Å². The summed E-state index contributed by atoms with van der Waals surface area (Å²) in [6, 6.07) is 3.17. The number of carboxylic acids is 1. The summed E-state index contributed by atoms with van der Waals surface area (Å²) in [6.07, 6.45) is 0. The van der Waals surface area contributed by atoms with Gasteiger partial charge in [-0.05, 0) is 18.1 Å². The van der Waals surface area contributed by atoms with Gasteiger partial charge in [0.05, 0.1) is 10.5 Å². The van der Waals surface area contributed by atoms with Gasteiger partial charge in [-0.15, -0.1) is 0 Å². The van der Waals surface area contributed by atoms with Crippen LogP contribution >= 0.6 is 0 Å². The second-order valence-electron chi connectivity index (χ2n) is 2.91. The van der Waals surface area contributed by atoms with Crippen molar-refractivity contribution in [1.29, 1.82) is 0 Å². The van der Waals surface area contributed by atoms with Crippen LogP contribution in [-0.4, -0.2) is 21.9 Å². The molecule has 3 N–H and O–H groups in total. The number of nitrogens with two attached hydrogens (primary N) is 1. The second kappa shape index (κ2) is 4.76. The molecule has 0 saturated heterocycles. The fourth-order valence-electron chi connectivity index (χ4n) is 1.05. The number of nitrogens with zero attached hydrogens (tertiary/aromatic N) is 1. The third-order valence-electron chi connectivity index (χ3n) is 1.76. The van der Waals surface area contributed by atoms with Gasteiger partial charge in [0, 0.05) is 12.0 Å². The summed E-state index contributed by atoms with van der Waals surface area (Å²) in [5, 5.41) is 19.3. The minimum Gasteiger partial charge on any atom is -0.478 e. The molecule has 7 nitrogen and oxygen atoms in total. The smallest absolute Gasteiger partial charge is 0.335 e. The molecule has 17 heavy (non-hydrogen) atoms. The van der Waals surface area contributed by atoms with Crippen LogP contribution in [0.2, 0.25) is 0 Å². The van der Waals surface area contributed by atoms with Gasteiger partial charge in [0.25, 0.3) is 11.6 Å². The molecule has 1 amide bonds. The molecule has 86 valence electrons. The Hall–Kier alpha value is -2.88. The summed E-state index contributed by atoms with van der Waals surface area (Å²) in [4.78, 5) is 30.9. The maximum Gasteiger partial charge on any atom is 0.335 e. The molecule has 0 aliphatic heterocycles. The summed E-state index contributed by atoms with van der Waals surface area (Å²) >= 11 is 0. The lowest BCUT2D eigenvalue weighted by Gasteiger charge is -1.97. The Labute approximate surface area is 95.0 Å². The van der Waals surface area contributed by atoms with E-state index in [-0.39, 0.29) is 11.1 Å². The summed E-state index contributed by atoms with van der Waals surface area (Å²) in [5.74, 6) is 1.93. The second-order valence-corrected chi connectivity index (χ2v) is 2.91. The highest BCUT2D eigenvalue weighted by Gasteiger charge is 2.15. The van der Waals surface area contributed by atoms with Crippen LogP contribution in [0.1, 0.15) is 15.9 Å². The topological polar surface area (TPSA) is 124 Å². The zero-order valence-corrected chi connectivity index (χ0v) is 8.34. The van der Waals surface area contributed by atoms with Crippen molar-refractivity contribution in [2.75, 3.05) is 0 Å². The molecule has 1 aromatic rings. The highest BCUT2D eigenvalue weighted by atomic mass is 16.6. The van der Waals surface area contributed by atoms with Crippen molar-refractivity contribution in [2.45, 2.75) is 0 Å². The maximum atomic E-state index is 10.7. The predicted octanol–water partition coefficient (Wildman–Crippen LogP) is 0.130. The molecule has 0 atom stereocenters. The molecular weight excluding hydrogens is 228 g/mol. The SMILES string of the molecule is NC(=O)C#Cc1ccc(C(=O)O)cc1[N+](=O)[O-]. The quantitative estimate of drug-likeness (QED) is 0.427. The first-order valence-electron chi connectivity index (χ1n) is 4.25. The van der Waals surface area contributed by atoms with Crippen LogP contribution in [0.5, 0.6) is 0 Å². The number of aromatic carboxylic acids is 1. The number of benzene rings is 1. The molecule has 0 aromatic heterocycles. The highest BCUT2D eigenvalue weighted by molar-refractivity contribution is 5.93. The van der Waals surface area contributed by atoms with Crippen molar-refractivity contribution in [1.82, 2.24) is 0 Å². The molecule has 1 rings (SSSR count). The van der Waals surface area contributed by atoms with Crippen LogP contribution < -0.4 is 5.73 Å². The monoisotopic (exact) mass is 234 g/mol. The van der Waals surface area contributed by atoms with E-state index >= 15 is 0 Å². The summed E-state index contributed by atoms with van der Waals surface area (Å²) in [6.45, 7) is 0. The number of amides is 1. The van der Waals surface area contributed by atoms with E-state index in [2.05, 4.69) is 5.92 Å². The van der Waals surface area contributed by atoms with Crippen molar-refractivity contribution in [3.8, 4) is 11.8 Å². The van der Waals surface area contributed by atoms with Gasteiger partial charge in [0.1, 0.15) is 5.56 Å². The van der Waals surface area contributed by atoms with Crippen LogP contribution in [-0.2, 0) is 4.79 Å². The highest BCUT2D eigenvalue weighted by Crippen LogP contribution is 2.19. The number of nitro groups is 1. The summed E-state index contributed by atoms with van der Waals surface area (Å²) < 4.78 is 0. The Morgan fingerprint density at radius 2 is 2.06 bits per heavy atom. The minimum absolute atomic E-state index is 0.0706. The van der Waals surface area contributed by atoms with Gasteiger partial charge in [-0.25, -0.2) is 4.79 Å². The van der Waals surface area contributed by atoms with Gasteiger partial charge in [0.15, 0.2) is 0 Å². The fourth-order valence-corrected chi connectivity index (χ4v) is 1.05. The van der Waals surface area contributed by atoms with Crippen molar-refractivity contribution in [3.05, 3.63) is 39.4 Å². The van der Waals surface area contributed by atoms with Crippen molar-refractivity contribution < 1.29 is 19.6 Å². The molecular formula is C10H6N2O5. The number of carboxylic acid groups (broad SMARTS) is 1. The Morgan fingerprint density at radius 1 is 1.41 bits per heavy atom. The lowest BCUT2D eigenvalue weighted by atomic mass is 10.1. The Balaban J connectivity index is 3.34. The normalized spacial score (nSPS) is 8.94. The van der Waals surface area contributed by atoms with Crippen molar-refractivity contribution in [3.63, 3.8) is 0 Å². The molecule has 0 spiro atoms. The number of rotatable bonds is 2. The largest absolute Gasteiger partial charge is 0.478 e. The first-order valence-corrected chi connectivity index (χ1v) is 4.25. The van der Waals surface area contributed by atoms with Gasteiger partial charge >= 0.3 is 5.97 Å². The molecule has 0 aliphatic carbocycles. The molecule has 0 radical (unpaired) electrons. The molecule has 0 bridgehead atoms. The minimum atomic E-state index is -1.29. The zero-order valence-electron chi connectivity index (χ0n) is 8.34. The number of carbonyl (C=O) groups is 2. The Kier molecular flexibility index (Phi) is 3.41. The van der Waals surface area contributed by atoms with Crippen LogP contribution in [0.4, 0.5) is 5.69 Å². The standard InChI is InChI=1S/C10H6N2O5/c11-9(13)4-3-6-1-2-7(10(14)15)5-8(6)12(16)17/h1-2,5H,(H2,11,13)(H,14,15). The lowest BCUT2D eigenvalue weighted by molar-refractivity contribution is -0.385. The van der Waals surface area contributed by atoms with Crippen molar-refractivity contribution in [2.24, 2.45) is 5.73 Å². The van der Waals surface area contributed by atoms with E-state index < -0.39 is 22.5 Å². The first kappa shape index (κ1) is 12.2. The van der Waals surface area contributed by atoms with Gasteiger partial charge in [0.2, 0.25) is 0 Å². The summed E-state index contributed by atoms with van der Waals surface area (Å²) in [5.41, 5.74) is 3.98. The Bertz CT molecular complexity index is 568. The van der Waals surface area contributed by atoms with E-state index in [9.17, 15) is 19.7 Å². The number of hydrogen-bond donors (Lipinski definition) is 2. The average molecular weight is 234 g/mol. The Morgan fingerprint density at radius 3 is 2.53 bits per heavy atom. The number of primary amides is 1. The number of nitro benzene ring substituents is 1. The van der Waals surface area contributed by atoms with Gasteiger partial charge < -0.3 is 10.8 Å². The summed E-state index contributed by atoms with van der Waals surface area (Å²) in [7, 11) is 0. The number of hydrogen-bond acceptors (Lipinski definition) is 4. The predicted molar refractivity (Wildman–Crippen MR) is 56.1 cm³/mol. The van der Waals surface area contributed by atoms with Gasteiger partial charge in [-0.2, -0.15) is 0 Å². The van der Waals surface area contributed by atoms with Gasteiger partial charge in [-0.1, -0.05) is 0 Å². The van der Waals surface area contributed by atoms with E-state index in [1.807, 2.05) is 5.92 Å². The first-order chi connectivity index (χ1) is 7.91. The zero-order chi connectivity index (χ0) is 13.0. The molecule has 0 saturated carbocycles. The van der Waals surface area contributed by atoms with Gasteiger partial charge in [-0.3, -0.25) is 14.9 Å². The molecule has 7 heteroatoms. The van der Waals surface area contributed by atoms with Crippen LogP contribution in [0.25, 0.3) is 0 Å². The maximum absolute atomic E-state index is 10.7. The van der Waals surface area contributed by atoms with Crippen LogP contribution in [0, 0.1) is 22.0 Å². The average Bonchev–Trinajstić information content (AvgIpc) is 2.25. The van der Waals surface area contributed by atoms with Crippen LogP contribution in [0.15, 0.2) is 18.2 Å². The molecule has 0 fully saturated rings. The fraction of sp³-hybridized carbons (Fsp3) is 0. The van der Waals surface area contributed by atoms with E-state index in [0.29, 0.717) is 0 Å². The number of carbonyl (C=O) groups excluding carboxylic acids is 1. The van der Waals surface area contributed by atoms with Crippen LogP contribution in [0.3, 0.4) is 0 Å². The molecule has 0 unspecified atom stereocenters. The third-order valence-corrected chi connectivity index (χ3v) is 1.76. The lowest BCUT2D eigenvalue weighted by Crippen LogP contribution is -2.06. The van der Waals surface area contributed by atoms with E-state index in [0.717, 1.165) is 18.2 Å². The van der Waals surface area contributed by atoms with E-state index in [4.69, 9.17) is 10.8 Å². The molecule has 0 aliphatic rings. The molecule has 0 heterocycles. The van der Waals surface area contributed by atoms with E-state index in [1.54, 1.807) is 0 Å². The molecule has 1 aromatic carbocycles. The third kappa shape index (κ3) is 3.04. The van der Waals surface area contributed by atoms with E-state index in [1.165, 1.54) is 0 Å².